The minimum atomic E-state index is -0.628. The molecule has 0 heterocycles. The summed E-state index contributed by atoms with van der Waals surface area (Å²) in [6.07, 6.45) is 2.77. The third-order valence-electron chi connectivity index (χ3n) is 2.80. The van der Waals surface area contributed by atoms with E-state index in [-0.39, 0.29) is 5.56 Å². The Bertz CT molecular complexity index is 832. The van der Waals surface area contributed by atoms with E-state index < -0.39 is 17.0 Å². The summed E-state index contributed by atoms with van der Waals surface area (Å²) in [5.74, 6) is -1.09. The number of carbonyl (C=O) groups is 1. The van der Waals surface area contributed by atoms with E-state index >= 15 is 0 Å². The summed E-state index contributed by atoms with van der Waals surface area (Å²) in [6, 6.07) is 8.93. The molecule has 22 heavy (non-hydrogen) atoms. The van der Waals surface area contributed by atoms with Gasteiger partial charge in [0.2, 0.25) is 5.43 Å². The van der Waals surface area contributed by atoms with E-state index in [0.717, 1.165) is 0 Å². The number of benzene rings is 1. The highest BCUT2D eigenvalue weighted by molar-refractivity contribution is 9.10. The van der Waals surface area contributed by atoms with E-state index in [1.54, 1.807) is 18.2 Å². The third-order valence-corrected chi connectivity index (χ3v) is 4.03. The van der Waals surface area contributed by atoms with E-state index in [4.69, 9.17) is 23.2 Å². The van der Waals surface area contributed by atoms with Crippen molar-refractivity contribution in [1.82, 2.24) is 0 Å². The molecule has 0 spiro atoms. The van der Waals surface area contributed by atoms with E-state index in [2.05, 4.69) is 15.9 Å². The number of aromatic hydroxyl groups is 1. The molecule has 6 heteroatoms. The van der Waals surface area contributed by atoms with E-state index in [1.165, 1.54) is 30.4 Å². The van der Waals surface area contributed by atoms with Gasteiger partial charge in [0.15, 0.2) is 11.5 Å². The maximum Gasteiger partial charge on any atom is 0.220 e. The Kier molecular flexibility index (Phi) is 5.40. The van der Waals surface area contributed by atoms with Crippen molar-refractivity contribution in [2.75, 3.05) is 0 Å². The maximum atomic E-state index is 12.2. The van der Waals surface area contributed by atoms with Gasteiger partial charge in [-0.15, -0.1) is 0 Å². The molecular weight excluding hydrogens is 391 g/mol. The van der Waals surface area contributed by atoms with Gasteiger partial charge in [-0.05, 0) is 42.0 Å². The molecule has 2 aromatic rings. The van der Waals surface area contributed by atoms with Gasteiger partial charge in [-0.2, -0.15) is 0 Å². The molecular formula is C16H9BrCl2O3. The quantitative estimate of drug-likeness (QED) is 0.600. The summed E-state index contributed by atoms with van der Waals surface area (Å²) < 4.78 is 0.510. The fourth-order valence-corrected chi connectivity index (χ4v) is 2.35. The Morgan fingerprint density at radius 2 is 1.82 bits per heavy atom. The molecule has 0 aliphatic heterocycles. The first-order valence-electron chi connectivity index (χ1n) is 6.09. The number of allylic oxidation sites excluding steroid dienone is 1. The van der Waals surface area contributed by atoms with Gasteiger partial charge in [0.05, 0.1) is 15.6 Å². The number of halogens is 3. The molecule has 3 nitrogen and oxygen atoms in total. The lowest BCUT2D eigenvalue weighted by Crippen LogP contribution is -2.01. The molecule has 0 aromatic heterocycles. The van der Waals surface area contributed by atoms with Crippen molar-refractivity contribution >= 4 is 51.0 Å². The largest absolute Gasteiger partial charge is 0.504 e. The molecule has 0 saturated heterocycles. The Hall–Kier alpha value is -1.62. The highest BCUT2D eigenvalue weighted by Crippen LogP contribution is 2.23. The summed E-state index contributed by atoms with van der Waals surface area (Å²) in [6.45, 7) is 0. The van der Waals surface area contributed by atoms with Crippen LogP contribution in [0.3, 0.4) is 0 Å². The predicted molar refractivity (Wildman–Crippen MR) is 91.9 cm³/mol. The van der Waals surface area contributed by atoms with Crippen molar-refractivity contribution in [3.05, 3.63) is 78.3 Å². The van der Waals surface area contributed by atoms with Crippen LogP contribution in [0.25, 0.3) is 6.08 Å². The van der Waals surface area contributed by atoms with Crippen LogP contribution >= 0.6 is 39.1 Å². The molecule has 2 rings (SSSR count). The van der Waals surface area contributed by atoms with Gasteiger partial charge in [0.1, 0.15) is 0 Å². The number of hydrogen-bond acceptors (Lipinski definition) is 3. The first kappa shape index (κ1) is 16.7. The standard InChI is InChI=1S/C16H9BrCl2O3/c17-10-3-6-15(21)16(22)11(8-10)14(20)5-2-9-1-4-12(18)13(19)7-9/h1-8H,(H,21,22). The molecule has 0 radical (unpaired) electrons. The summed E-state index contributed by atoms with van der Waals surface area (Å²) in [5.41, 5.74) is -0.0425. The molecule has 0 amide bonds. The van der Waals surface area contributed by atoms with Crippen molar-refractivity contribution in [1.29, 1.82) is 0 Å². The Labute approximate surface area is 144 Å². The normalized spacial score (nSPS) is 10.9. The van der Waals surface area contributed by atoms with Crippen LogP contribution in [-0.4, -0.2) is 10.9 Å². The van der Waals surface area contributed by atoms with Crippen LogP contribution in [0.2, 0.25) is 10.0 Å². The van der Waals surface area contributed by atoms with Gasteiger partial charge >= 0.3 is 0 Å². The second kappa shape index (κ2) is 7.09. The zero-order chi connectivity index (χ0) is 16.3. The van der Waals surface area contributed by atoms with Crippen LogP contribution in [0.15, 0.2) is 51.7 Å². The van der Waals surface area contributed by atoms with Gasteiger partial charge in [-0.25, -0.2) is 0 Å². The molecule has 0 fully saturated rings. The van der Waals surface area contributed by atoms with Crippen molar-refractivity contribution < 1.29 is 9.90 Å². The fraction of sp³-hybridized carbons (Fsp3) is 0. The van der Waals surface area contributed by atoms with E-state index in [0.29, 0.717) is 20.1 Å². The molecule has 0 atom stereocenters. The summed E-state index contributed by atoms with van der Waals surface area (Å²) in [5, 5.41) is 10.6. The molecule has 0 unspecified atom stereocenters. The second-order valence-electron chi connectivity index (χ2n) is 4.36. The van der Waals surface area contributed by atoms with Gasteiger partial charge in [-0.1, -0.05) is 51.3 Å². The minimum absolute atomic E-state index is 0.0850. The highest BCUT2D eigenvalue weighted by atomic mass is 79.9. The number of ketones is 1. The molecule has 112 valence electrons. The summed E-state index contributed by atoms with van der Waals surface area (Å²) in [4.78, 5) is 23.7. The monoisotopic (exact) mass is 398 g/mol. The maximum absolute atomic E-state index is 12.2. The number of rotatable bonds is 3. The molecule has 0 saturated carbocycles. The van der Waals surface area contributed by atoms with Gasteiger partial charge in [-0.3, -0.25) is 9.59 Å². The SMILES string of the molecule is O=C(C=Cc1ccc(Cl)c(Cl)c1)c1cc(Br)ccc(=O)c1O. The molecule has 0 aliphatic carbocycles. The smallest absolute Gasteiger partial charge is 0.220 e. The molecule has 0 bridgehead atoms. The lowest BCUT2D eigenvalue weighted by molar-refractivity contribution is 0.104. The van der Waals surface area contributed by atoms with Gasteiger partial charge in [0.25, 0.3) is 0 Å². The average molecular weight is 400 g/mol. The number of carbonyl (C=O) groups excluding carboxylic acids is 1. The average Bonchev–Trinajstić information content (AvgIpc) is 2.61. The zero-order valence-corrected chi connectivity index (χ0v) is 14.1. The van der Waals surface area contributed by atoms with Crippen LogP contribution in [0, 0.1) is 0 Å². The van der Waals surface area contributed by atoms with Crippen molar-refractivity contribution in [3.63, 3.8) is 0 Å². The summed E-state index contributed by atoms with van der Waals surface area (Å²) >= 11 is 14.9. The number of hydrogen-bond donors (Lipinski definition) is 1. The van der Waals surface area contributed by atoms with E-state index in [1.807, 2.05) is 0 Å². The van der Waals surface area contributed by atoms with Crippen LogP contribution in [0.1, 0.15) is 15.9 Å². The zero-order valence-electron chi connectivity index (χ0n) is 11.0. The lowest BCUT2D eigenvalue weighted by Gasteiger charge is -1.98. The van der Waals surface area contributed by atoms with Crippen LogP contribution in [0.5, 0.6) is 5.75 Å². The Balaban J connectivity index is 2.37. The highest BCUT2D eigenvalue weighted by Gasteiger charge is 2.11. The molecule has 1 N–H and O–H groups in total. The lowest BCUT2D eigenvalue weighted by atomic mass is 10.1. The third kappa shape index (κ3) is 3.97. The molecule has 0 aliphatic rings. The first-order chi connectivity index (χ1) is 10.4. The van der Waals surface area contributed by atoms with Crippen molar-refractivity contribution in [2.45, 2.75) is 0 Å². The Morgan fingerprint density at radius 1 is 1.09 bits per heavy atom. The molecule has 2 aromatic carbocycles. The van der Waals surface area contributed by atoms with Crippen molar-refractivity contribution in [3.8, 4) is 5.75 Å². The van der Waals surface area contributed by atoms with E-state index in [9.17, 15) is 14.7 Å². The van der Waals surface area contributed by atoms with Crippen LogP contribution in [-0.2, 0) is 0 Å². The van der Waals surface area contributed by atoms with Gasteiger partial charge < -0.3 is 5.11 Å². The first-order valence-corrected chi connectivity index (χ1v) is 7.63. The topological polar surface area (TPSA) is 54.4 Å². The predicted octanol–water partition coefficient (Wildman–Crippen LogP) is 4.72. The Morgan fingerprint density at radius 3 is 2.50 bits per heavy atom. The summed E-state index contributed by atoms with van der Waals surface area (Å²) in [7, 11) is 0. The van der Waals surface area contributed by atoms with Crippen LogP contribution < -0.4 is 5.43 Å². The second-order valence-corrected chi connectivity index (χ2v) is 6.09. The fourth-order valence-electron chi connectivity index (χ4n) is 1.69. The van der Waals surface area contributed by atoms with Crippen LogP contribution in [0.4, 0.5) is 0 Å². The van der Waals surface area contributed by atoms with Crippen molar-refractivity contribution in [2.24, 2.45) is 0 Å². The minimum Gasteiger partial charge on any atom is -0.504 e. The van der Waals surface area contributed by atoms with Gasteiger partial charge in [0, 0.05) is 4.47 Å².